The predicted octanol–water partition coefficient (Wildman–Crippen LogP) is 4.59. The van der Waals surface area contributed by atoms with Crippen molar-refractivity contribution in [3.8, 4) is 0 Å². The Morgan fingerprint density at radius 1 is 0.884 bits per heavy atom. The SMILES string of the molecule is CCC=CCC=CCC=CCC=CCC=CCCCC(=O)SCCNC(=O)CCNC(=O)[C@H](O)C(C)(C)COP(=O)(O)OP(=O)(O)OC[C@H]1O[C@@H](n2cnc3c(N)ncnc32)C(O)[C@H]1OP(=O)(O)O. The number of rotatable bonds is 32. The molecule has 0 aliphatic carbocycles. The van der Waals surface area contributed by atoms with Crippen LogP contribution >= 0.6 is 35.2 Å². The van der Waals surface area contributed by atoms with Gasteiger partial charge in [0.05, 0.1) is 19.5 Å². The third kappa shape index (κ3) is 22.5. The van der Waals surface area contributed by atoms with E-state index >= 15 is 0 Å². The Labute approximate surface area is 404 Å². The van der Waals surface area contributed by atoms with E-state index in [1.54, 1.807) is 0 Å². The van der Waals surface area contributed by atoms with Gasteiger partial charge in [0.25, 0.3) is 0 Å². The minimum atomic E-state index is -5.58. The van der Waals surface area contributed by atoms with Crippen molar-refractivity contribution in [3.05, 3.63) is 73.4 Å². The number of nitrogen functional groups attached to an aromatic ring is 1. The van der Waals surface area contributed by atoms with Gasteiger partial charge in [-0.2, -0.15) is 4.31 Å². The van der Waals surface area contributed by atoms with Gasteiger partial charge in [0.15, 0.2) is 22.8 Å². The molecule has 24 nitrogen and oxygen atoms in total. The molecular formula is C41H64N7O17P3S. The van der Waals surface area contributed by atoms with Gasteiger partial charge < -0.3 is 50.9 Å². The molecule has 3 rings (SSSR count). The summed E-state index contributed by atoms with van der Waals surface area (Å²) in [5, 5.41) is 26.6. The maximum atomic E-state index is 12.7. The first-order valence-corrected chi connectivity index (χ1v) is 27.4. The van der Waals surface area contributed by atoms with Gasteiger partial charge in [0, 0.05) is 37.1 Å². The minimum Gasteiger partial charge on any atom is -0.386 e. The maximum absolute atomic E-state index is 12.7. The third-order valence-electron chi connectivity index (χ3n) is 9.67. The van der Waals surface area contributed by atoms with Crippen LogP contribution in [0.25, 0.3) is 11.2 Å². The fourth-order valence-electron chi connectivity index (χ4n) is 6.10. The number of phosphoric ester groups is 3. The van der Waals surface area contributed by atoms with Crippen molar-refractivity contribution >= 4 is 69.1 Å². The Kier molecular flexibility index (Phi) is 25.5. The first-order chi connectivity index (χ1) is 32.6. The Hall–Kier alpha value is -3.74. The lowest BCUT2D eigenvalue weighted by molar-refractivity contribution is -0.137. The highest BCUT2D eigenvalue weighted by atomic mass is 32.2. The molecule has 386 valence electrons. The highest BCUT2D eigenvalue weighted by molar-refractivity contribution is 8.13. The number of nitrogens with one attached hydrogen (secondary N) is 2. The summed E-state index contributed by atoms with van der Waals surface area (Å²) in [6, 6.07) is 0. The van der Waals surface area contributed by atoms with Crippen molar-refractivity contribution in [2.45, 2.75) is 109 Å². The molecule has 0 spiro atoms. The van der Waals surface area contributed by atoms with E-state index in [2.05, 4.69) is 102 Å². The number of ether oxygens (including phenoxy) is 1. The van der Waals surface area contributed by atoms with Crippen molar-refractivity contribution < 1.29 is 80.5 Å². The number of imidazole rings is 1. The number of unbranched alkanes of at least 4 members (excludes halogenated alkanes) is 1. The Bertz CT molecular complexity index is 2270. The van der Waals surface area contributed by atoms with Crippen LogP contribution in [0.1, 0.15) is 84.8 Å². The molecule has 0 saturated carbocycles. The van der Waals surface area contributed by atoms with Crippen LogP contribution in [0.2, 0.25) is 0 Å². The molecule has 3 heterocycles. The van der Waals surface area contributed by atoms with Gasteiger partial charge in [-0.3, -0.25) is 32.5 Å². The monoisotopic (exact) mass is 1050 g/mol. The average Bonchev–Trinajstić information content (AvgIpc) is 3.84. The number of nitrogens with two attached hydrogens (primary N) is 1. The number of nitrogens with zero attached hydrogens (tertiary/aromatic N) is 4. The van der Waals surface area contributed by atoms with Crippen molar-refractivity contribution in [2.75, 3.05) is 37.8 Å². The average molecular weight is 1050 g/mol. The molecule has 0 radical (unpaired) electrons. The second-order valence-electron chi connectivity index (χ2n) is 15.9. The van der Waals surface area contributed by atoms with Crippen molar-refractivity contribution in [1.82, 2.24) is 30.2 Å². The fraction of sp³-hybridized carbons (Fsp3) is 0.561. The normalized spacial score (nSPS) is 20.4. The zero-order valence-electron chi connectivity index (χ0n) is 38.5. The molecule has 10 N–H and O–H groups in total. The number of aliphatic hydroxyl groups is 2. The van der Waals surface area contributed by atoms with Gasteiger partial charge in [-0.25, -0.2) is 28.6 Å². The molecule has 2 amide bonds. The first kappa shape index (κ1) is 59.6. The molecule has 0 aromatic carbocycles. The summed E-state index contributed by atoms with van der Waals surface area (Å²) < 4.78 is 62.4. The summed E-state index contributed by atoms with van der Waals surface area (Å²) in [6.45, 7) is 2.62. The number of carbonyl (C=O) groups is 3. The van der Waals surface area contributed by atoms with E-state index in [4.69, 9.17) is 19.5 Å². The van der Waals surface area contributed by atoms with Gasteiger partial charge in [0.2, 0.25) is 11.8 Å². The van der Waals surface area contributed by atoms with Gasteiger partial charge in [-0.1, -0.05) is 93.3 Å². The van der Waals surface area contributed by atoms with E-state index in [9.17, 15) is 57.9 Å². The summed E-state index contributed by atoms with van der Waals surface area (Å²) in [5.41, 5.74) is 4.27. The molecule has 2 aromatic rings. The van der Waals surface area contributed by atoms with Crippen molar-refractivity contribution in [1.29, 1.82) is 0 Å². The molecule has 69 heavy (non-hydrogen) atoms. The first-order valence-electron chi connectivity index (χ1n) is 21.9. The molecule has 2 aromatic heterocycles. The minimum absolute atomic E-state index is 0.00790. The highest BCUT2D eigenvalue weighted by Gasteiger charge is 2.50. The Morgan fingerprint density at radius 3 is 2.12 bits per heavy atom. The largest absolute Gasteiger partial charge is 0.481 e. The van der Waals surface area contributed by atoms with Gasteiger partial charge in [-0.05, 0) is 44.9 Å². The van der Waals surface area contributed by atoms with Crippen molar-refractivity contribution in [3.63, 3.8) is 0 Å². The number of aliphatic hydroxyl groups excluding tert-OH is 2. The van der Waals surface area contributed by atoms with Crippen LogP contribution in [0.3, 0.4) is 0 Å². The number of hydrogen-bond acceptors (Lipinski definition) is 18. The number of thioether (sulfide) groups is 1. The van der Waals surface area contributed by atoms with Crippen LogP contribution in [0.15, 0.2) is 73.4 Å². The Morgan fingerprint density at radius 2 is 1.49 bits per heavy atom. The summed E-state index contributed by atoms with van der Waals surface area (Å²) in [6.07, 6.45) is 20.9. The van der Waals surface area contributed by atoms with E-state index in [0.717, 1.165) is 67.5 Å². The topological polar surface area (TPSA) is 364 Å². The number of carbonyl (C=O) groups excluding carboxylic acids is 3. The van der Waals surface area contributed by atoms with Crippen LogP contribution in [0.4, 0.5) is 5.82 Å². The second-order valence-corrected chi connectivity index (χ2v) is 21.3. The number of aromatic nitrogens is 4. The van der Waals surface area contributed by atoms with E-state index in [-0.39, 0.29) is 41.6 Å². The van der Waals surface area contributed by atoms with Gasteiger partial charge in [-0.15, -0.1) is 0 Å². The van der Waals surface area contributed by atoms with Crippen LogP contribution in [0, 0.1) is 5.41 Å². The summed E-state index contributed by atoms with van der Waals surface area (Å²) in [5.74, 6) is -1.09. The zero-order valence-corrected chi connectivity index (χ0v) is 42.0. The zero-order chi connectivity index (χ0) is 51.1. The second kappa shape index (κ2) is 29.6. The maximum Gasteiger partial charge on any atom is 0.481 e. The molecule has 1 saturated heterocycles. The molecule has 1 fully saturated rings. The number of anilines is 1. The van der Waals surface area contributed by atoms with Gasteiger partial charge in [0.1, 0.15) is 36.3 Å². The number of hydrogen-bond donors (Lipinski definition) is 9. The smallest absolute Gasteiger partial charge is 0.386 e. The van der Waals surface area contributed by atoms with E-state index in [0.29, 0.717) is 18.6 Å². The van der Waals surface area contributed by atoms with E-state index in [1.165, 1.54) is 13.8 Å². The summed E-state index contributed by atoms with van der Waals surface area (Å²) in [7, 11) is -16.4. The van der Waals surface area contributed by atoms with Gasteiger partial charge >= 0.3 is 23.5 Å². The van der Waals surface area contributed by atoms with E-state index < -0.39 is 84.6 Å². The number of phosphoric acid groups is 3. The number of allylic oxidation sites excluding steroid dienone is 10. The quantitative estimate of drug-likeness (QED) is 0.0275. The molecule has 1 aliphatic rings. The lowest BCUT2D eigenvalue weighted by Crippen LogP contribution is -2.46. The van der Waals surface area contributed by atoms with Crippen LogP contribution in [-0.2, 0) is 50.7 Å². The van der Waals surface area contributed by atoms with E-state index in [1.807, 2.05) is 0 Å². The number of amides is 2. The molecule has 1 aliphatic heterocycles. The third-order valence-corrected chi connectivity index (χ3v) is 13.7. The number of fused-ring (bicyclic) bond motifs is 1. The Balaban J connectivity index is 1.31. The lowest BCUT2D eigenvalue weighted by atomic mass is 9.87. The van der Waals surface area contributed by atoms with Crippen LogP contribution < -0.4 is 16.4 Å². The van der Waals surface area contributed by atoms with Crippen molar-refractivity contribution in [2.24, 2.45) is 5.41 Å². The molecule has 0 bridgehead atoms. The van der Waals surface area contributed by atoms with Crippen LogP contribution in [0.5, 0.6) is 0 Å². The predicted molar refractivity (Wildman–Crippen MR) is 255 cm³/mol. The molecule has 28 heteroatoms. The summed E-state index contributed by atoms with van der Waals surface area (Å²) in [4.78, 5) is 88.3. The van der Waals surface area contributed by atoms with Crippen LogP contribution in [-0.4, -0.2) is 123 Å². The molecule has 3 unspecified atom stereocenters. The fourth-order valence-corrected chi connectivity index (χ4v) is 9.65. The lowest BCUT2D eigenvalue weighted by Gasteiger charge is -2.30. The molecule has 7 atom stereocenters. The molecular weight excluding hydrogens is 987 g/mol. The summed E-state index contributed by atoms with van der Waals surface area (Å²) >= 11 is 1.11. The standard InChI is InChI=1S/C41H64N7O17P3S/c1-4-5-6-7-8-9-10-11-12-13-14-15-16-17-18-19-20-21-32(50)69-25-24-43-31(49)22-23-44-39(53)36(52)41(2,3)27-62-68(59,60)65-67(57,58)61-26-30-35(64-66(54,55)56)34(51)40(63-30)48-29-47-33-37(42)45-28-46-38(33)48/h5-6,8-9,11-12,14-15,17-18,28-30,34-36,40,51-52H,4,7,10,13,16,19-27H2,1-3H3,(H,43,49)(H,44,53)(H,57,58)(H,59,60)(H2,42,45,46)(H2,54,55,56)/t30-,34?,35+,36+,40-/m1/s1. The highest BCUT2D eigenvalue weighted by Crippen LogP contribution is 2.61.